The molecular weight excluding hydrogens is 498 g/mol. The van der Waals surface area contributed by atoms with Crippen molar-refractivity contribution >= 4 is 35.2 Å². The highest BCUT2D eigenvalue weighted by molar-refractivity contribution is 6.30. The second-order valence-corrected chi connectivity index (χ2v) is 8.99. The molecule has 1 heterocycles. The summed E-state index contributed by atoms with van der Waals surface area (Å²) in [6.45, 7) is -0.155. The standard InChI is InChI=1S/C28H24ClNO7/c1-36-21-14-22-25(24(15-21)37-2)27(33)30(26(22)32)12-11-19(28(34)35)13-23(31)18-5-3-16(4-6-18)17-7-9-20(29)10-8-17/h3-10,14-15,19H,11-13H2,1-2H3,(H,34,35). The molecule has 0 fully saturated rings. The average Bonchev–Trinajstić information content (AvgIpc) is 3.15. The van der Waals surface area contributed by atoms with Gasteiger partial charge in [-0.3, -0.25) is 24.1 Å². The van der Waals surface area contributed by atoms with Crippen LogP contribution in [0.5, 0.6) is 11.5 Å². The third-order valence-electron chi connectivity index (χ3n) is 6.33. The van der Waals surface area contributed by atoms with Crippen molar-refractivity contribution in [2.45, 2.75) is 12.8 Å². The predicted octanol–water partition coefficient (Wildman–Crippen LogP) is 4.98. The second kappa shape index (κ2) is 10.8. The molecule has 1 N–H and O–H groups in total. The number of carboxylic acid groups (broad SMARTS) is 1. The van der Waals surface area contributed by atoms with E-state index in [2.05, 4.69) is 0 Å². The molecule has 0 bridgehead atoms. The minimum Gasteiger partial charge on any atom is -0.497 e. The van der Waals surface area contributed by atoms with Crippen LogP contribution >= 0.6 is 11.6 Å². The molecule has 3 aromatic rings. The molecule has 3 aromatic carbocycles. The number of carboxylic acids is 1. The molecule has 1 aliphatic heterocycles. The van der Waals surface area contributed by atoms with Crippen LogP contribution in [0.25, 0.3) is 11.1 Å². The lowest BCUT2D eigenvalue weighted by atomic mass is 9.94. The van der Waals surface area contributed by atoms with E-state index in [0.29, 0.717) is 16.3 Å². The van der Waals surface area contributed by atoms with Gasteiger partial charge < -0.3 is 14.6 Å². The van der Waals surface area contributed by atoms with Gasteiger partial charge in [-0.2, -0.15) is 0 Å². The van der Waals surface area contributed by atoms with Crippen molar-refractivity contribution in [1.29, 1.82) is 0 Å². The number of rotatable bonds is 10. The van der Waals surface area contributed by atoms with Gasteiger partial charge in [-0.15, -0.1) is 0 Å². The van der Waals surface area contributed by atoms with E-state index in [9.17, 15) is 24.3 Å². The number of Topliss-reactive ketones (excluding diaryl/α,β-unsaturated/α-hetero) is 1. The topological polar surface area (TPSA) is 110 Å². The van der Waals surface area contributed by atoms with Crippen LogP contribution in [-0.2, 0) is 4.79 Å². The van der Waals surface area contributed by atoms with Gasteiger partial charge >= 0.3 is 5.97 Å². The highest BCUT2D eigenvalue weighted by atomic mass is 35.5. The van der Waals surface area contributed by atoms with E-state index in [1.54, 1.807) is 36.4 Å². The summed E-state index contributed by atoms with van der Waals surface area (Å²) in [7, 11) is 2.81. The summed E-state index contributed by atoms with van der Waals surface area (Å²) in [6, 6.07) is 17.1. The number of imide groups is 1. The summed E-state index contributed by atoms with van der Waals surface area (Å²) in [4.78, 5) is 51.6. The lowest BCUT2D eigenvalue weighted by Gasteiger charge is -2.17. The molecule has 4 rings (SSSR count). The number of ketones is 1. The normalized spacial score (nSPS) is 13.3. The summed E-state index contributed by atoms with van der Waals surface area (Å²) in [5.41, 5.74) is 2.44. The summed E-state index contributed by atoms with van der Waals surface area (Å²) in [5.74, 6) is -3.19. The second-order valence-electron chi connectivity index (χ2n) is 8.55. The predicted molar refractivity (Wildman–Crippen MR) is 136 cm³/mol. The van der Waals surface area contributed by atoms with Crippen LogP contribution in [0.1, 0.15) is 43.9 Å². The Morgan fingerprint density at radius 2 is 1.54 bits per heavy atom. The molecule has 1 unspecified atom stereocenters. The first kappa shape index (κ1) is 25.9. The van der Waals surface area contributed by atoms with Crippen molar-refractivity contribution < 1.29 is 33.8 Å². The molecule has 0 saturated heterocycles. The molecule has 9 heteroatoms. The number of carbonyl (C=O) groups excluding carboxylic acids is 3. The Morgan fingerprint density at radius 3 is 2.11 bits per heavy atom. The van der Waals surface area contributed by atoms with Crippen molar-refractivity contribution in [3.63, 3.8) is 0 Å². The van der Waals surface area contributed by atoms with Gasteiger partial charge in [-0.1, -0.05) is 48.0 Å². The van der Waals surface area contributed by atoms with Crippen molar-refractivity contribution in [2.24, 2.45) is 5.92 Å². The maximum atomic E-state index is 12.9. The van der Waals surface area contributed by atoms with Gasteiger partial charge in [0.1, 0.15) is 11.5 Å². The monoisotopic (exact) mass is 521 g/mol. The highest BCUT2D eigenvalue weighted by Gasteiger charge is 2.39. The molecule has 1 aliphatic rings. The minimum absolute atomic E-state index is 0.0746. The molecule has 0 radical (unpaired) electrons. The van der Waals surface area contributed by atoms with E-state index >= 15 is 0 Å². The molecular formula is C28H24ClNO7. The maximum Gasteiger partial charge on any atom is 0.307 e. The largest absolute Gasteiger partial charge is 0.497 e. The molecule has 0 aliphatic carbocycles. The van der Waals surface area contributed by atoms with Gasteiger partial charge in [0, 0.05) is 29.6 Å². The van der Waals surface area contributed by atoms with E-state index in [4.69, 9.17) is 21.1 Å². The van der Waals surface area contributed by atoms with Gasteiger partial charge in [-0.25, -0.2) is 0 Å². The summed E-state index contributed by atoms with van der Waals surface area (Å²) >= 11 is 5.93. The van der Waals surface area contributed by atoms with Crippen molar-refractivity contribution in [3.05, 3.63) is 82.4 Å². The Balaban J connectivity index is 1.44. The molecule has 0 spiro atoms. The maximum absolute atomic E-state index is 12.9. The quantitative estimate of drug-likeness (QED) is 0.296. The van der Waals surface area contributed by atoms with Crippen molar-refractivity contribution in [3.8, 4) is 22.6 Å². The number of halogens is 1. The van der Waals surface area contributed by atoms with E-state index < -0.39 is 23.7 Å². The number of amides is 2. The van der Waals surface area contributed by atoms with Crippen molar-refractivity contribution in [2.75, 3.05) is 20.8 Å². The number of hydrogen-bond donors (Lipinski definition) is 1. The zero-order valence-electron chi connectivity index (χ0n) is 20.2. The number of carbonyl (C=O) groups is 4. The van der Waals surface area contributed by atoms with Gasteiger partial charge in [-0.05, 0) is 35.7 Å². The highest BCUT2D eigenvalue weighted by Crippen LogP contribution is 2.35. The number of aliphatic carboxylic acids is 1. The van der Waals surface area contributed by atoms with E-state index in [1.165, 1.54) is 26.4 Å². The van der Waals surface area contributed by atoms with Crippen LogP contribution in [0.4, 0.5) is 0 Å². The van der Waals surface area contributed by atoms with E-state index in [0.717, 1.165) is 16.0 Å². The van der Waals surface area contributed by atoms with Crippen molar-refractivity contribution in [1.82, 2.24) is 4.90 Å². The Bertz CT molecular complexity index is 1370. The van der Waals surface area contributed by atoms with Crippen LogP contribution in [0, 0.1) is 5.92 Å². The number of nitrogens with zero attached hydrogens (tertiary/aromatic N) is 1. The number of hydrogen-bond acceptors (Lipinski definition) is 6. The third-order valence-corrected chi connectivity index (χ3v) is 6.58. The number of methoxy groups -OCH3 is 2. The first-order valence-corrected chi connectivity index (χ1v) is 11.9. The third kappa shape index (κ3) is 5.34. The number of ether oxygens (including phenoxy) is 2. The lowest BCUT2D eigenvalue weighted by Crippen LogP contribution is -2.33. The van der Waals surface area contributed by atoms with E-state index in [-0.39, 0.29) is 42.0 Å². The molecule has 37 heavy (non-hydrogen) atoms. The molecule has 0 saturated carbocycles. The summed E-state index contributed by atoms with van der Waals surface area (Å²) in [6.07, 6.45) is -0.342. The SMILES string of the molecule is COc1cc(OC)c2c(c1)C(=O)N(CCC(CC(=O)c1ccc(-c3ccc(Cl)cc3)cc1)C(=O)O)C2=O. The fraction of sp³-hybridized carbons (Fsp3) is 0.214. The van der Waals surface area contributed by atoms with Crippen LogP contribution < -0.4 is 9.47 Å². The van der Waals surface area contributed by atoms with Gasteiger partial charge in [0.25, 0.3) is 11.8 Å². The molecule has 190 valence electrons. The smallest absolute Gasteiger partial charge is 0.307 e. The van der Waals surface area contributed by atoms with Crippen LogP contribution in [0.3, 0.4) is 0 Å². The summed E-state index contributed by atoms with van der Waals surface area (Å²) in [5, 5.41) is 10.3. The molecule has 2 amide bonds. The Morgan fingerprint density at radius 1 is 0.919 bits per heavy atom. The molecule has 0 aromatic heterocycles. The summed E-state index contributed by atoms with van der Waals surface area (Å²) < 4.78 is 10.4. The number of benzene rings is 3. The Kier molecular flexibility index (Phi) is 7.59. The number of fused-ring (bicyclic) bond motifs is 1. The van der Waals surface area contributed by atoms with Crippen LogP contribution in [0.15, 0.2) is 60.7 Å². The zero-order chi connectivity index (χ0) is 26.7. The zero-order valence-corrected chi connectivity index (χ0v) is 20.9. The Hall–Kier alpha value is -4.17. The Labute approximate surface area is 218 Å². The molecule has 1 atom stereocenters. The van der Waals surface area contributed by atoms with Gasteiger partial charge in [0.05, 0.1) is 31.3 Å². The first-order chi connectivity index (χ1) is 17.7. The van der Waals surface area contributed by atoms with Gasteiger partial charge in [0.2, 0.25) is 0 Å². The first-order valence-electron chi connectivity index (χ1n) is 11.5. The minimum atomic E-state index is -1.18. The van der Waals surface area contributed by atoms with Crippen LogP contribution in [-0.4, -0.2) is 54.3 Å². The van der Waals surface area contributed by atoms with Gasteiger partial charge in [0.15, 0.2) is 5.78 Å². The van der Waals surface area contributed by atoms with Crippen LogP contribution in [0.2, 0.25) is 5.02 Å². The fourth-order valence-corrected chi connectivity index (χ4v) is 4.39. The van der Waals surface area contributed by atoms with E-state index in [1.807, 2.05) is 12.1 Å². The lowest BCUT2D eigenvalue weighted by molar-refractivity contribution is -0.142. The molecule has 8 nitrogen and oxygen atoms in total. The fourth-order valence-electron chi connectivity index (χ4n) is 4.26. The average molecular weight is 522 g/mol.